The Morgan fingerprint density at radius 3 is 2.86 bits per heavy atom. The number of thiazole rings is 1. The summed E-state index contributed by atoms with van der Waals surface area (Å²) in [6.45, 7) is 5.84. The summed E-state index contributed by atoms with van der Waals surface area (Å²) >= 11 is 1.73. The van der Waals surface area contributed by atoms with E-state index in [9.17, 15) is 10.2 Å². The molecule has 118 valence electrons. The van der Waals surface area contributed by atoms with E-state index in [0.29, 0.717) is 6.54 Å². The van der Waals surface area contributed by atoms with Gasteiger partial charge in [0.2, 0.25) is 0 Å². The van der Waals surface area contributed by atoms with Crippen LogP contribution >= 0.6 is 11.3 Å². The molecule has 2 fully saturated rings. The lowest BCUT2D eigenvalue weighted by atomic mass is 9.95. The first-order valence-corrected chi connectivity index (χ1v) is 8.36. The third-order valence-electron chi connectivity index (χ3n) is 4.24. The minimum Gasteiger partial charge on any atom is -0.396 e. The Kier molecular flexibility index (Phi) is 5.07. The number of ether oxygens (including phenoxy) is 1. The molecule has 2 atom stereocenters. The second kappa shape index (κ2) is 7.02. The molecule has 2 aliphatic rings. The van der Waals surface area contributed by atoms with Gasteiger partial charge >= 0.3 is 0 Å². The first-order valence-electron chi connectivity index (χ1n) is 7.55. The SMILES string of the molecule is OC[C@H]1CCN(Cc2cnc(N3CCOCC3)s2)C[C@H]1O. The van der Waals surface area contributed by atoms with Crippen LogP contribution in [0.4, 0.5) is 5.13 Å². The van der Waals surface area contributed by atoms with E-state index in [1.807, 2.05) is 6.20 Å². The molecule has 0 radical (unpaired) electrons. The van der Waals surface area contributed by atoms with Crippen LogP contribution in [0.15, 0.2) is 6.20 Å². The smallest absolute Gasteiger partial charge is 0.185 e. The Morgan fingerprint density at radius 2 is 2.14 bits per heavy atom. The molecule has 7 heteroatoms. The quantitative estimate of drug-likeness (QED) is 0.825. The molecule has 0 aromatic carbocycles. The maximum atomic E-state index is 9.99. The van der Waals surface area contributed by atoms with Crippen LogP contribution in [0, 0.1) is 5.92 Å². The minimum absolute atomic E-state index is 0.0339. The highest BCUT2D eigenvalue weighted by atomic mass is 32.1. The summed E-state index contributed by atoms with van der Waals surface area (Å²) in [4.78, 5) is 10.3. The molecule has 2 aliphatic heterocycles. The first kappa shape index (κ1) is 15.2. The van der Waals surface area contributed by atoms with Crippen LogP contribution in [-0.4, -0.2) is 72.2 Å². The molecular formula is C14H23N3O3S. The van der Waals surface area contributed by atoms with Crippen molar-refractivity contribution in [3.8, 4) is 0 Å². The van der Waals surface area contributed by atoms with Crippen LogP contribution in [0.5, 0.6) is 0 Å². The van der Waals surface area contributed by atoms with Gasteiger partial charge in [-0.15, -0.1) is 11.3 Å². The van der Waals surface area contributed by atoms with Gasteiger partial charge in [-0.25, -0.2) is 4.98 Å². The van der Waals surface area contributed by atoms with Crippen LogP contribution in [0.3, 0.4) is 0 Å². The Bertz CT molecular complexity index is 450. The van der Waals surface area contributed by atoms with Crippen LogP contribution in [0.25, 0.3) is 0 Å². The summed E-state index contributed by atoms with van der Waals surface area (Å²) in [5.41, 5.74) is 0. The summed E-state index contributed by atoms with van der Waals surface area (Å²) in [6, 6.07) is 0. The molecule has 0 unspecified atom stereocenters. The van der Waals surface area contributed by atoms with Gasteiger partial charge in [0.25, 0.3) is 0 Å². The van der Waals surface area contributed by atoms with Crippen molar-refractivity contribution in [1.29, 1.82) is 0 Å². The summed E-state index contributed by atoms with van der Waals surface area (Å²) < 4.78 is 5.36. The van der Waals surface area contributed by atoms with Gasteiger partial charge in [-0.2, -0.15) is 0 Å². The van der Waals surface area contributed by atoms with Crippen molar-refractivity contribution in [3.63, 3.8) is 0 Å². The summed E-state index contributed by atoms with van der Waals surface area (Å²) in [6.07, 6.45) is 2.38. The minimum atomic E-state index is -0.421. The summed E-state index contributed by atoms with van der Waals surface area (Å²) in [5.74, 6) is 0.0339. The summed E-state index contributed by atoms with van der Waals surface area (Å²) in [7, 11) is 0. The molecular weight excluding hydrogens is 290 g/mol. The van der Waals surface area contributed by atoms with Gasteiger partial charge in [-0.1, -0.05) is 0 Å². The lowest BCUT2D eigenvalue weighted by Crippen LogP contribution is -2.44. The number of β-amino-alcohol motifs (C(OH)–C–C–N with tert-alkyl or cyclic N) is 1. The number of hydrogen-bond donors (Lipinski definition) is 2. The fraction of sp³-hybridized carbons (Fsp3) is 0.786. The Morgan fingerprint density at radius 1 is 1.33 bits per heavy atom. The van der Waals surface area contributed by atoms with E-state index in [2.05, 4.69) is 14.8 Å². The average Bonchev–Trinajstić information content (AvgIpc) is 2.97. The second-order valence-electron chi connectivity index (χ2n) is 5.74. The van der Waals surface area contributed by atoms with E-state index in [0.717, 1.165) is 50.9 Å². The highest BCUT2D eigenvalue weighted by molar-refractivity contribution is 7.15. The van der Waals surface area contributed by atoms with Crippen LogP contribution < -0.4 is 4.90 Å². The van der Waals surface area contributed by atoms with E-state index in [-0.39, 0.29) is 12.5 Å². The van der Waals surface area contributed by atoms with Gasteiger partial charge in [0.1, 0.15) is 0 Å². The first-order chi connectivity index (χ1) is 10.3. The highest BCUT2D eigenvalue weighted by Gasteiger charge is 2.27. The fourth-order valence-electron chi connectivity index (χ4n) is 2.89. The fourth-order valence-corrected chi connectivity index (χ4v) is 3.90. The molecule has 1 aromatic heterocycles. The molecule has 0 spiro atoms. The van der Waals surface area contributed by atoms with Gasteiger partial charge in [0, 0.05) is 49.8 Å². The number of morpholine rings is 1. The molecule has 0 aliphatic carbocycles. The number of aliphatic hydroxyl groups excluding tert-OH is 2. The maximum Gasteiger partial charge on any atom is 0.185 e. The summed E-state index contributed by atoms with van der Waals surface area (Å²) in [5, 5.41) is 20.2. The number of rotatable bonds is 4. The Labute approximate surface area is 129 Å². The molecule has 1 aromatic rings. The van der Waals surface area contributed by atoms with E-state index in [4.69, 9.17) is 4.74 Å². The van der Waals surface area contributed by atoms with Gasteiger partial charge in [-0.05, 0) is 13.0 Å². The largest absolute Gasteiger partial charge is 0.396 e. The molecule has 2 N–H and O–H groups in total. The number of aliphatic hydroxyl groups is 2. The van der Waals surface area contributed by atoms with Crippen molar-refractivity contribution in [3.05, 3.63) is 11.1 Å². The van der Waals surface area contributed by atoms with Gasteiger partial charge in [0.15, 0.2) is 5.13 Å². The topological polar surface area (TPSA) is 69.1 Å². The lowest BCUT2D eigenvalue weighted by Gasteiger charge is -2.34. The van der Waals surface area contributed by atoms with Crippen molar-refractivity contribution in [1.82, 2.24) is 9.88 Å². The third kappa shape index (κ3) is 3.73. The van der Waals surface area contributed by atoms with Crippen molar-refractivity contribution < 1.29 is 14.9 Å². The van der Waals surface area contributed by atoms with Gasteiger partial charge in [-0.3, -0.25) is 4.90 Å². The predicted molar refractivity (Wildman–Crippen MR) is 81.6 cm³/mol. The van der Waals surface area contributed by atoms with Gasteiger partial charge < -0.3 is 19.8 Å². The third-order valence-corrected chi connectivity index (χ3v) is 5.29. The molecule has 2 saturated heterocycles. The molecule has 6 nitrogen and oxygen atoms in total. The zero-order chi connectivity index (χ0) is 14.7. The molecule has 3 heterocycles. The molecule has 21 heavy (non-hydrogen) atoms. The molecule has 3 rings (SSSR count). The Balaban J connectivity index is 1.55. The van der Waals surface area contributed by atoms with Crippen molar-refractivity contribution in [2.45, 2.75) is 19.1 Å². The van der Waals surface area contributed by atoms with Gasteiger partial charge in [0.05, 0.1) is 19.3 Å². The molecule has 0 saturated carbocycles. The number of hydrogen-bond acceptors (Lipinski definition) is 7. The zero-order valence-corrected chi connectivity index (χ0v) is 13.0. The standard InChI is InChI=1S/C14H23N3O3S/c18-10-11-1-2-16(9-13(11)19)8-12-7-15-14(21-12)17-3-5-20-6-4-17/h7,11,13,18-19H,1-6,8-10H2/t11-,13-/m1/s1. The van der Waals surface area contributed by atoms with Crippen LogP contribution in [0.2, 0.25) is 0 Å². The van der Waals surface area contributed by atoms with Crippen LogP contribution in [-0.2, 0) is 11.3 Å². The number of likely N-dealkylation sites (tertiary alicyclic amines) is 1. The number of piperidine rings is 1. The predicted octanol–water partition coefficient (Wildman–Crippen LogP) is 0.155. The van der Waals surface area contributed by atoms with Crippen molar-refractivity contribution in [2.24, 2.45) is 5.92 Å². The maximum absolute atomic E-state index is 9.99. The monoisotopic (exact) mass is 313 g/mol. The number of nitrogens with zero attached hydrogens (tertiary/aromatic N) is 3. The normalized spacial score (nSPS) is 28.0. The lowest BCUT2D eigenvalue weighted by molar-refractivity contribution is -0.00416. The highest BCUT2D eigenvalue weighted by Crippen LogP contribution is 2.26. The average molecular weight is 313 g/mol. The van der Waals surface area contributed by atoms with E-state index in [1.54, 1.807) is 11.3 Å². The molecule has 0 bridgehead atoms. The van der Waals surface area contributed by atoms with E-state index < -0.39 is 6.10 Å². The number of aromatic nitrogens is 1. The van der Waals surface area contributed by atoms with E-state index in [1.165, 1.54) is 4.88 Å². The second-order valence-corrected chi connectivity index (χ2v) is 6.84. The Hall–Kier alpha value is -0.730. The van der Waals surface area contributed by atoms with Crippen LogP contribution in [0.1, 0.15) is 11.3 Å². The number of anilines is 1. The van der Waals surface area contributed by atoms with Crippen molar-refractivity contribution in [2.75, 3.05) is 50.9 Å². The van der Waals surface area contributed by atoms with E-state index >= 15 is 0 Å². The van der Waals surface area contributed by atoms with Crippen molar-refractivity contribution >= 4 is 16.5 Å². The zero-order valence-electron chi connectivity index (χ0n) is 12.1. The molecule has 0 amide bonds.